The van der Waals surface area contributed by atoms with Crippen molar-refractivity contribution in [1.29, 1.82) is 0 Å². The zero-order valence-electron chi connectivity index (χ0n) is 16.5. The van der Waals surface area contributed by atoms with Crippen LogP contribution in [-0.4, -0.2) is 17.0 Å². The number of rotatable bonds is 5. The topological polar surface area (TPSA) is 52.7 Å². The second kappa shape index (κ2) is 10.5. The first-order valence-electron chi connectivity index (χ1n) is 9.49. The molecule has 4 aromatic rings. The van der Waals surface area contributed by atoms with Crippen LogP contribution in [-0.2, 0) is 13.0 Å². The molecule has 2 aromatic carbocycles. The predicted molar refractivity (Wildman–Crippen MR) is 129 cm³/mol. The van der Waals surface area contributed by atoms with E-state index in [9.17, 15) is 0 Å². The Morgan fingerprint density at radius 2 is 1.97 bits per heavy atom. The molecule has 29 heavy (non-hydrogen) atoms. The van der Waals surface area contributed by atoms with Gasteiger partial charge in [0, 0.05) is 56.8 Å². The van der Waals surface area contributed by atoms with E-state index in [1.807, 2.05) is 19.2 Å². The molecule has 0 bridgehead atoms. The van der Waals surface area contributed by atoms with Gasteiger partial charge in [-0.2, -0.15) is 0 Å². The quantitative estimate of drug-likeness (QED) is 0.259. The molecule has 4 nitrogen and oxygen atoms in total. The van der Waals surface area contributed by atoms with Gasteiger partial charge in [-0.05, 0) is 67.1 Å². The van der Waals surface area contributed by atoms with Crippen LogP contribution < -0.4 is 10.6 Å². The molecular formula is C23H25BrN4S. The van der Waals surface area contributed by atoms with Gasteiger partial charge in [-0.1, -0.05) is 28.9 Å². The van der Waals surface area contributed by atoms with E-state index >= 15 is 0 Å². The molecule has 6 heteroatoms. The number of pyridine rings is 1. The molecule has 0 atom stereocenters. The molecule has 0 unspecified atom stereocenters. The van der Waals surface area contributed by atoms with Crippen molar-refractivity contribution in [3.63, 3.8) is 0 Å². The number of halogens is 1. The number of thiol groups is 1. The molecule has 0 saturated carbocycles. The third-order valence-electron chi connectivity index (χ3n) is 4.51. The van der Waals surface area contributed by atoms with Crippen molar-refractivity contribution in [2.75, 3.05) is 12.4 Å². The molecule has 0 aliphatic carbocycles. The molecular weight excluding hydrogens is 444 g/mol. The summed E-state index contributed by atoms with van der Waals surface area (Å²) in [5, 5.41) is 7.99. The van der Waals surface area contributed by atoms with Gasteiger partial charge >= 0.3 is 0 Å². The minimum atomic E-state index is 0.874. The van der Waals surface area contributed by atoms with Gasteiger partial charge in [-0.3, -0.25) is 4.98 Å². The molecule has 2 aromatic heterocycles. The van der Waals surface area contributed by atoms with Crippen LogP contribution in [0.25, 0.3) is 10.9 Å². The first-order chi connectivity index (χ1) is 14.1. The summed E-state index contributed by atoms with van der Waals surface area (Å²) in [7, 11) is 1.97. The fourth-order valence-corrected chi connectivity index (χ4v) is 3.65. The maximum atomic E-state index is 4.02. The fourth-order valence-electron chi connectivity index (χ4n) is 3.09. The lowest BCUT2D eigenvalue weighted by atomic mass is 10.1. The number of aromatic amines is 1. The van der Waals surface area contributed by atoms with E-state index in [2.05, 4.69) is 98.7 Å². The fraction of sp³-hybridized carbons (Fsp3) is 0.174. The van der Waals surface area contributed by atoms with Crippen LogP contribution in [0.5, 0.6) is 0 Å². The molecule has 0 amide bonds. The highest BCUT2D eigenvalue weighted by Crippen LogP contribution is 2.27. The van der Waals surface area contributed by atoms with Crippen molar-refractivity contribution in [2.45, 2.75) is 24.8 Å². The summed E-state index contributed by atoms with van der Waals surface area (Å²) >= 11 is 7.56. The highest BCUT2D eigenvalue weighted by atomic mass is 79.9. The van der Waals surface area contributed by atoms with Crippen LogP contribution in [0.15, 0.2) is 76.5 Å². The van der Waals surface area contributed by atoms with Crippen LogP contribution in [0.4, 0.5) is 11.4 Å². The molecule has 0 aliphatic heterocycles. The van der Waals surface area contributed by atoms with E-state index in [0.29, 0.717) is 0 Å². The standard InChI is InChI=1S/C18H20BrN3.C5H5NS/c1-3-12-8-14(19)4-7-17(12)22-15-5-6-16-13(10-20-2)11-21-18(16)9-15;7-5-2-1-3-6-4-5/h4-9,11,20-22H,3,10H2,1-2H3;1-4,7H. The Bertz CT molecular complexity index is 1060. The summed E-state index contributed by atoms with van der Waals surface area (Å²) in [4.78, 5) is 8.06. The summed E-state index contributed by atoms with van der Waals surface area (Å²) in [6, 6.07) is 16.6. The Balaban J connectivity index is 0.000000290. The van der Waals surface area contributed by atoms with Crippen LogP contribution in [0, 0.1) is 0 Å². The second-order valence-electron chi connectivity index (χ2n) is 6.60. The van der Waals surface area contributed by atoms with Crippen molar-refractivity contribution < 1.29 is 0 Å². The average Bonchev–Trinajstić information content (AvgIpc) is 3.13. The van der Waals surface area contributed by atoms with Crippen molar-refractivity contribution in [3.05, 3.63) is 82.7 Å². The van der Waals surface area contributed by atoms with E-state index < -0.39 is 0 Å². The SMILES string of the molecule is CCc1cc(Br)ccc1Nc1ccc2c(CNC)c[nH]c2c1.Sc1cccnc1. The van der Waals surface area contributed by atoms with Gasteiger partial charge in [0.05, 0.1) is 0 Å². The summed E-state index contributed by atoms with van der Waals surface area (Å²) in [5.41, 5.74) is 6.01. The minimum Gasteiger partial charge on any atom is -0.361 e. The average molecular weight is 469 g/mol. The van der Waals surface area contributed by atoms with E-state index in [4.69, 9.17) is 0 Å². The van der Waals surface area contributed by atoms with Crippen LogP contribution in [0.3, 0.4) is 0 Å². The number of aryl methyl sites for hydroxylation is 1. The third kappa shape index (κ3) is 5.85. The lowest BCUT2D eigenvalue weighted by Gasteiger charge is -2.12. The number of aromatic nitrogens is 2. The molecule has 0 spiro atoms. The lowest BCUT2D eigenvalue weighted by Crippen LogP contribution is -2.03. The van der Waals surface area contributed by atoms with E-state index in [0.717, 1.165) is 39.2 Å². The molecule has 150 valence electrons. The molecule has 2 heterocycles. The summed E-state index contributed by atoms with van der Waals surface area (Å²) < 4.78 is 1.12. The van der Waals surface area contributed by atoms with Crippen molar-refractivity contribution in [2.24, 2.45) is 0 Å². The lowest BCUT2D eigenvalue weighted by molar-refractivity contribution is 0.823. The van der Waals surface area contributed by atoms with E-state index in [1.54, 1.807) is 12.4 Å². The Hall–Kier alpha value is -2.28. The molecule has 0 saturated heterocycles. The third-order valence-corrected chi connectivity index (χ3v) is 5.27. The normalized spacial score (nSPS) is 10.5. The van der Waals surface area contributed by atoms with Gasteiger partial charge in [0.2, 0.25) is 0 Å². The summed E-state index contributed by atoms with van der Waals surface area (Å²) in [5.74, 6) is 0. The largest absolute Gasteiger partial charge is 0.361 e. The van der Waals surface area contributed by atoms with Gasteiger partial charge in [0.15, 0.2) is 0 Å². The van der Waals surface area contributed by atoms with Gasteiger partial charge in [0.1, 0.15) is 0 Å². The molecule has 4 rings (SSSR count). The monoisotopic (exact) mass is 468 g/mol. The van der Waals surface area contributed by atoms with Gasteiger partial charge < -0.3 is 15.6 Å². The van der Waals surface area contributed by atoms with E-state index in [-0.39, 0.29) is 0 Å². The first kappa shape index (κ1) is 21.4. The summed E-state index contributed by atoms with van der Waals surface area (Å²) in [6.07, 6.45) is 6.49. The number of fused-ring (bicyclic) bond motifs is 1. The maximum Gasteiger partial charge on any atom is 0.0478 e. The smallest absolute Gasteiger partial charge is 0.0478 e. The molecule has 0 radical (unpaired) electrons. The number of hydrogen-bond acceptors (Lipinski definition) is 4. The Morgan fingerprint density at radius 3 is 2.62 bits per heavy atom. The van der Waals surface area contributed by atoms with E-state index in [1.165, 1.54) is 16.5 Å². The Morgan fingerprint density at radius 1 is 1.10 bits per heavy atom. The predicted octanol–water partition coefficient (Wildman–Crippen LogP) is 6.33. The van der Waals surface area contributed by atoms with Gasteiger partial charge in [0.25, 0.3) is 0 Å². The summed E-state index contributed by atoms with van der Waals surface area (Å²) in [6.45, 7) is 3.05. The maximum absolute atomic E-state index is 4.02. The Labute approximate surface area is 185 Å². The molecule has 3 N–H and O–H groups in total. The zero-order valence-corrected chi connectivity index (χ0v) is 19.0. The van der Waals surface area contributed by atoms with Crippen molar-refractivity contribution in [3.8, 4) is 0 Å². The Kier molecular flexibility index (Phi) is 7.75. The number of H-pyrrole nitrogens is 1. The number of hydrogen-bond donors (Lipinski definition) is 4. The minimum absolute atomic E-state index is 0.874. The van der Waals surface area contributed by atoms with Crippen molar-refractivity contribution >= 4 is 50.8 Å². The van der Waals surface area contributed by atoms with Crippen molar-refractivity contribution in [1.82, 2.24) is 15.3 Å². The first-order valence-corrected chi connectivity index (χ1v) is 10.7. The van der Waals surface area contributed by atoms with Crippen LogP contribution in [0.2, 0.25) is 0 Å². The molecule has 0 fully saturated rings. The highest BCUT2D eigenvalue weighted by Gasteiger charge is 2.06. The number of anilines is 2. The van der Waals surface area contributed by atoms with Crippen LogP contribution in [0.1, 0.15) is 18.1 Å². The van der Waals surface area contributed by atoms with Crippen LogP contribution >= 0.6 is 28.6 Å². The number of benzene rings is 2. The zero-order chi connectivity index (χ0) is 20.6. The highest BCUT2D eigenvalue weighted by molar-refractivity contribution is 9.10. The van der Waals surface area contributed by atoms with Gasteiger partial charge in [-0.25, -0.2) is 0 Å². The molecule has 0 aliphatic rings. The number of nitrogens with zero attached hydrogens (tertiary/aromatic N) is 1. The second-order valence-corrected chi connectivity index (χ2v) is 8.03. The number of nitrogens with one attached hydrogen (secondary N) is 3. The van der Waals surface area contributed by atoms with Gasteiger partial charge in [-0.15, -0.1) is 12.6 Å².